The van der Waals surface area contributed by atoms with Crippen molar-refractivity contribution in [3.05, 3.63) is 10.6 Å². The van der Waals surface area contributed by atoms with Crippen molar-refractivity contribution in [3.63, 3.8) is 0 Å². The van der Waals surface area contributed by atoms with Gasteiger partial charge < -0.3 is 10.0 Å². The number of hydrogen-bond donors (Lipinski definition) is 1. The van der Waals surface area contributed by atoms with Gasteiger partial charge >= 0.3 is 5.97 Å². The van der Waals surface area contributed by atoms with Crippen LogP contribution in [0.2, 0.25) is 0 Å². The number of nitrogens with zero attached hydrogens (tertiary/aromatic N) is 3. The predicted octanol–water partition coefficient (Wildman–Crippen LogP) is 2.64. The minimum Gasteiger partial charge on any atom is -0.477 e. The number of carboxylic acids is 1. The number of rotatable bonds is 3. The van der Waals surface area contributed by atoms with E-state index in [2.05, 4.69) is 35.6 Å². The van der Waals surface area contributed by atoms with Gasteiger partial charge in [-0.3, -0.25) is 4.90 Å². The fourth-order valence-electron chi connectivity index (χ4n) is 2.81. The lowest BCUT2D eigenvalue weighted by molar-refractivity contribution is 0.0700. The maximum Gasteiger partial charge on any atom is 0.347 e. The van der Waals surface area contributed by atoms with E-state index in [1.54, 1.807) is 0 Å². The molecule has 21 heavy (non-hydrogen) atoms. The summed E-state index contributed by atoms with van der Waals surface area (Å²) in [5.41, 5.74) is 1.01. The van der Waals surface area contributed by atoms with Crippen LogP contribution >= 0.6 is 11.3 Å². The third kappa shape index (κ3) is 3.06. The molecule has 1 aromatic heterocycles. The van der Waals surface area contributed by atoms with Crippen molar-refractivity contribution in [1.29, 1.82) is 0 Å². The number of piperazine rings is 1. The molecule has 1 aliphatic heterocycles. The highest BCUT2D eigenvalue weighted by Crippen LogP contribution is 2.44. The van der Waals surface area contributed by atoms with E-state index >= 15 is 0 Å². The van der Waals surface area contributed by atoms with Crippen LogP contribution in [0.3, 0.4) is 0 Å². The fraction of sp³-hybridized carbons (Fsp3) is 0.733. The Hall–Kier alpha value is -1.14. The summed E-state index contributed by atoms with van der Waals surface area (Å²) >= 11 is 1.35. The summed E-state index contributed by atoms with van der Waals surface area (Å²) in [4.78, 5) is 21.2. The van der Waals surface area contributed by atoms with Crippen LogP contribution < -0.4 is 4.90 Å². The minimum absolute atomic E-state index is 0.195. The molecule has 3 rings (SSSR count). The molecule has 1 N–H and O–H groups in total. The number of anilines is 1. The Morgan fingerprint density at radius 3 is 2.33 bits per heavy atom. The van der Waals surface area contributed by atoms with E-state index in [0.29, 0.717) is 10.8 Å². The van der Waals surface area contributed by atoms with Crippen molar-refractivity contribution < 1.29 is 9.90 Å². The summed E-state index contributed by atoms with van der Waals surface area (Å²) < 4.78 is 0. The van der Waals surface area contributed by atoms with Gasteiger partial charge in [0.25, 0.3) is 0 Å². The van der Waals surface area contributed by atoms with Crippen LogP contribution in [-0.4, -0.2) is 52.7 Å². The van der Waals surface area contributed by atoms with E-state index in [1.165, 1.54) is 11.3 Å². The van der Waals surface area contributed by atoms with Gasteiger partial charge in [-0.1, -0.05) is 11.3 Å². The topological polar surface area (TPSA) is 56.7 Å². The van der Waals surface area contributed by atoms with Crippen LogP contribution in [0, 0.1) is 0 Å². The highest BCUT2D eigenvalue weighted by atomic mass is 32.1. The fourth-order valence-corrected chi connectivity index (χ4v) is 3.85. The SMILES string of the molecule is CC(C)(C)N1CCN(c2nc(C3CC3)c(C(=O)O)s2)CC1. The molecule has 1 saturated heterocycles. The molecule has 116 valence electrons. The average molecular weight is 309 g/mol. The first-order valence-corrected chi connectivity index (χ1v) is 8.42. The van der Waals surface area contributed by atoms with Crippen LogP contribution in [0.1, 0.15) is 54.9 Å². The summed E-state index contributed by atoms with van der Waals surface area (Å²) in [5, 5.41) is 10.2. The molecule has 0 bridgehead atoms. The van der Waals surface area contributed by atoms with Crippen molar-refractivity contribution in [2.75, 3.05) is 31.1 Å². The maximum absolute atomic E-state index is 11.4. The molecule has 2 heterocycles. The lowest BCUT2D eigenvalue weighted by atomic mass is 10.1. The van der Waals surface area contributed by atoms with Gasteiger partial charge in [0, 0.05) is 37.6 Å². The number of carbonyl (C=O) groups is 1. The molecule has 6 heteroatoms. The summed E-state index contributed by atoms with van der Waals surface area (Å²) in [6.45, 7) is 10.6. The lowest BCUT2D eigenvalue weighted by Crippen LogP contribution is -2.53. The van der Waals surface area contributed by atoms with Crippen molar-refractivity contribution in [1.82, 2.24) is 9.88 Å². The van der Waals surface area contributed by atoms with E-state index in [-0.39, 0.29) is 5.54 Å². The molecule has 0 unspecified atom stereocenters. The first-order chi connectivity index (χ1) is 9.86. The van der Waals surface area contributed by atoms with E-state index in [0.717, 1.165) is 49.8 Å². The lowest BCUT2D eigenvalue weighted by Gasteiger charge is -2.42. The van der Waals surface area contributed by atoms with E-state index in [9.17, 15) is 9.90 Å². The summed E-state index contributed by atoms with van der Waals surface area (Å²) in [5.74, 6) is -0.439. The monoisotopic (exact) mass is 309 g/mol. The van der Waals surface area contributed by atoms with Gasteiger partial charge in [0.2, 0.25) is 0 Å². The number of carboxylic acid groups (broad SMARTS) is 1. The molecule has 1 aliphatic carbocycles. The zero-order valence-corrected chi connectivity index (χ0v) is 13.7. The highest BCUT2D eigenvalue weighted by molar-refractivity contribution is 7.17. The highest BCUT2D eigenvalue weighted by Gasteiger charge is 2.34. The normalized spacial score (nSPS) is 20.8. The van der Waals surface area contributed by atoms with Crippen LogP contribution in [-0.2, 0) is 0 Å². The second kappa shape index (κ2) is 5.25. The Morgan fingerprint density at radius 2 is 1.86 bits per heavy atom. The number of hydrogen-bond acceptors (Lipinski definition) is 5. The van der Waals surface area contributed by atoms with Gasteiger partial charge in [0.15, 0.2) is 5.13 Å². The smallest absolute Gasteiger partial charge is 0.347 e. The first kappa shape index (κ1) is 14.8. The number of aromatic nitrogens is 1. The molecule has 1 aromatic rings. The summed E-state index contributed by atoms with van der Waals surface area (Å²) in [6, 6.07) is 0. The maximum atomic E-state index is 11.4. The standard InChI is InChI=1S/C15H23N3O2S/c1-15(2,3)18-8-6-17(7-9-18)14-16-11(10-4-5-10)12(21-14)13(19)20/h10H,4-9H2,1-3H3,(H,19,20). The minimum atomic E-state index is -0.825. The van der Waals surface area contributed by atoms with E-state index in [4.69, 9.17) is 0 Å². The van der Waals surface area contributed by atoms with E-state index in [1.807, 2.05) is 0 Å². The molecule has 0 radical (unpaired) electrons. The van der Waals surface area contributed by atoms with E-state index < -0.39 is 5.97 Å². The largest absolute Gasteiger partial charge is 0.477 e. The summed E-state index contributed by atoms with van der Waals surface area (Å²) in [6.07, 6.45) is 2.17. The molecule has 2 aliphatic rings. The van der Waals surface area contributed by atoms with Crippen molar-refractivity contribution in [2.24, 2.45) is 0 Å². The van der Waals surface area contributed by atoms with Crippen molar-refractivity contribution >= 4 is 22.4 Å². The average Bonchev–Trinajstić information content (AvgIpc) is 3.16. The second-order valence-corrected chi connectivity index (χ2v) is 7.91. The van der Waals surface area contributed by atoms with Gasteiger partial charge in [-0.15, -0.1) is 0 Å². The Labute approximate surface area is 129 Å². The van der Waals surface area contributed by atoms with Crippen LogP contribution in [0.5, 0.6) is 0 Å². The first-order valence-electron chi connectivity index (χ1n) is 7.60. The van der Waals surface area contributed by atoms with Crippen molar-refractivity contribution in [3.8, 4) is 0 Å². The third-order valence-corrected chi connectivity index (χ3v) is 5.42. The molecule has 0 amide bonds. The molecule has 5 nitrogen and oxygen atoms in total. The van der Waals surface area contributed by atoms with Crippen LogP contribution in [0.25, 0.3) is 0 Å². The third-order valence-electron chi connectivity index (χ3n) is 4.30. The molecule has 0 spiro atoms. The second-order valence-electron chi connectivity index (χ2n) is 6.94. The number of thiazole rings is 1. The Morgan fingerprint density at radius 1 is 1.24 bits per heavy atom. The zero-order chi connectivity index (χ0) is 15.2. The van der Waals surface area contributed by atoms with Crippen LogP contribution in [0.15, 0.2) is 0 Å². The molecular formula is C15H23N3O2S. The number of aromatic carboxylic acids is 1. The van der Waals surface area contributed by atoms with Crippen LogP contribution in [0.4, 0.5) is 5.13 Å². The molecule has 2 fully saturated rings. The Balaban J connectivity index is 1.74. The Bertz CT molecular complexity index is 538. The van der Waals surface area contributed by atoms with Gasteiger partial charge in [0.05, 0.1) is 5.69 Å². The summed E-state index contributed by atoms with van der Waals surface area (Å²) in [7, 11) is 0. The Kier molecular flexibility index (Phi) is 3.69. The molecular weight excluding hydrogens is 286 g/mol. The van der Waals surface area contributed by atoms with Gasteiger partial charge in [-0.05, 0) is 33.6 Å². The van der Waals surface area contributed by atoms with Gasteiger partial charge in [-0.2, -0.15) is 0 Å². The van der Waals surface area contributed by atoms with Gasteiger partial charge in [-0.25, -0.2) is 9.78 Å². The predicted molar refractivity (Wildman–Crippen MR) is 84.6 cm³/mol. The zero-order valence-electron chi connectivity index (χ0n) is 12.9. The molecule has 1 saturated carbocycles. The molecule has 0 atom stereocenters. The quantitative estimate of drug-likeness (QED) is 0.930. The van der Waals surface area contributed by atoms with Crippen molar-refractivity contribution in [2.45, 2.75) is 45.1 Å². The van der Waals surface area contributed by atoms with Gasteiger partial charge in [0.1, 0.15) is 4.88 Å². The molecule has 0 aromatic carbocycles.